The Morgan fingerprint density at radius 1 is 0.776 bits per heavy atom. The van der Waals surface area contributed by atoms with E-state index in [1.54, 1.807) is 0 Å². The molecule has 306 valence electrons. The van der Waals surface area contributed by atoms with Crippen molar-refractivity contribution < 1.29 is 77.3 Å². The Morgan fingerprint density at radius 3 is 1.90 bits per heavy atom. The van der Waals surface area contributed by atoms with Crippen LogP contribution in [0, 0.1) is 52.8 Å². The van der Waals surface area contributed by atoms with E-state index in [1.807, 2.05) is 0 Å². The first kappa shape index (κ1) is 41.0. The predicted octanol–water partition coefficient (Wildman–Crippen LogP) is 8.45. The molecule has 0 radical (unpaired) electrons. The highest BCUT2D eigenvalue weighted by Crippen LogP contribution is 2.64. The molecule has 0 spiro atoms. The van der Waals surface area contributed by atoms with Gasteiger partial charge in [-0.3, -0.25) is 19.2 Å². The summed E-state index contributed by atoms with van der Waals surface area (Å²) >= 11 is 14.0. The summed E-state index contributed by atoms with van der Waals surface area (Å²) in [4.78, 5) is 50.4. The molecule has 3 aromatic carbocycles. The van der Waals surface area contributed by atoms with Gasteiger partial charge in [0.25, 0.3) is 11.8 Å². The molecule has 8 nitrogen and oxygen atoms in total. The summed E-state index contributed by atoms with van der Waals surface area (Å²) in [6.45, 7) is 0. The highest BCUT2D eigenvalue weighted by atomic mass is 35.5. The number of amides is 4. The second-order valence-corrected chi connectivity index (χ2v) is 15.0. The Kier molecular flexibility index (Phi) is 9.50. The summed E-state index contributed by atoms with van der Waals surface area (Å²) in [6.07, 6.45) is -8.56. The Hall–Kier alpha value is -5.17. The van der Waals surface area contributed by atoms with Gasteiger partial charge in [-0.25, -0.2) is 31.8 Å². The molecule has 21 heteroatoms. The number of methoxy groups -OCH3 is 1. The minimum Gasteiger partial charge on any atom is -0.504 e. The van der Waals surface area contributed by atoms with E-state index >= 15 is 8.78 Å². The van der Waals surface area contributed by atoms with Crippen molar-refractivity contribution in [2.24, 2.45) is 23.7 Å². The molecule has 7 rings (SSSR count). The first-order chi connectivity index (χ1) is 26.9. The number of rotatable bonds is 5. The van der Waals surface area contributed by atoms with Crippen molar-refractivity contribution in [2.45, 2.75) is 34.9 Å². The Labute approximate surface area is 328 Å². The van der Waals surface area contributed by atoms with Crippen LogP contribution in [0.3, 0.4) is 0 Å². The number of alkyl halides is 8. The number of nitrogens with zero attached hydrogens (tertiary/aromatic N) is 2. The number of imide groups is 2. The molecule has 0 aromatic heterocycles. The van der Waals surface area contributed by atoms with Crippen LogP contribution in [-0.4, -0.2) is 45.6 Å². The van der Waals surface area contributed by atoms with Gasteiger partial charge in [-0.05, 0) is 54.7 Å². The third-order valence-electron chi connectivity index (χ3n) is 10.8. The molecule has 6 atom stereocenters. The van der Waals surface area contributed by atoms with Gasteiger partial charge in [0.15, 0.2) is 44.5 Å². The number of phenols is 1. The van der Waals surface area contributed by atoms with E-state index in [2.05, 4.69) is 0 Å². The van der Waals surface area contributed by atoms with E-state index in [4.69, 9.17) is 27.9 Å². The van der Waals surface area contributed by atoms with E-state index in [0.29, 0.717) is 0 Å². The van der Waals surface area contributed by atoms with Crippen LogP contribution in [0.5, 0.6) is 11.5 Å². The molecule has 4 amide bonds. The molecule has 2 aliphatic carbocycles. The van der Waals surface area contributed by atoms with Crippen molar-refractivity contribution >= 4 is 64.3 Å². The van der Waals surface area contributed by atoms with Gasteiger partial charge in [0.2, 0.25) is 17.6 Å². The third kappa shape index (κ3) is 5.78. The number of ether oxygens (including phenoxy) is 1. The number of halogens is 13. The van der Waals surface area contributed by atoms with Crippen LogP contribution in [0.1, 0.15) is 29.5 Å². The fourth-order valence-corrected chi connectivity index (χ4v) is 9.03. The Bertz CT molecular complexity index is 2360. The van der Waals surface area contributed by atoms with Gasteiger partial charge in [0.1, 0.15) is 5.69 Å². The topological polar surface area (TPSA) is 104 Å². The molecule has 2 aliphatic heterocycles. The monoisotopic (exact) mass is 868 g/mol. The number of carbonyl (C=O) groups is 4. The number of hydrogen-bond donors (Lipinski definition) is 1. The van der Waals surface area contributed by atoms with E-state index in [9.17, 15) is 63.8 Å². The number of allylic oxidation sites excluding steroid dienone is 3. The van der Waals surface area contributed by atoms with E-state index in [1.165, 1.54) is 37.5 Å². The van der Waals surface area contributed by atoms with Crippen LogP contribution >= 0.6 is 23.2 Å². The average molecular weight is 869 g/mol. The molecule has 3 aromatic rings. The van der Waals surface area contributed by atoms with E-state index < -0.39 is 139 Å². The lowest BCUT2D eigenvalue weighted by molar-refractivity contribution is -0.143. The van der Waals surface area contributed by atoms with Gasteiger partial charge in [0, 0.05) is 5.92 Å². The molecular formula is C37H21Cl2F11N2O6. The van der Waals surface area contributed by atoms with Gasteiger partial charge in [-0.2, -0.15) is 26.3 Å². The second kappa shape index (κ2) is 13.4. The van der Waals surface area contributed by atoms with Gasteiger partial charge in [0.05, 0.1) is 35.8 Å². The maximum atomic E-state index is 15.2. The van der Waals surface area contributed by atoms with Gasteiger partial charge in [-0.1, -0.05) is 29.9 Å². The molecule has 58 heavy (non-hydrogen) atoms. The Balaban J connectivity index is 1.40. The maximum absolute atomic E-state index is 15.2. The number of anilines is 2. The van der Waals surface area contributed by atoms with Gasteiger partial charge >= 0.3 is 12.4 Å². The van der Waals surface area contributed by atoms with Crippen molar-refractivity contribution in [3.63, 3.8) is 0 Å². The van der Waals surface area contributed by atoms with Crippen LogP contribution in [0.25, 0.3) is 6.08 Å². The zero-order valence-electron chi connectivity index (χ0n) is 28.7. The lowest BCUT2D eigenvalue weighted by Gasteiger charge is -2.49. The molecule has 2 heterocycles. The summed E-state index contributed by atoms with van der Waals surface area (Å²) < 4.78 is 161. The smallest absolute Gasteiger partial charge is 0.416 e. The summed E-state index contributed by atoms with van der Waals surface area (Å²) in [5, 5.41) is 10.1. The SMILES string of the molecule is COc1cc(C=CC2C3=CCC4C(=O)N(c5cc(C(F)(F)F)cc(C(F)(F)F)c5)C(=O)C4C3CC3(Cl)C(=O)N(c4c(F)c(F)c(F)c(F)c4F)C(=O)C23Cl)ccc1O. The van der Waals surface area contributed by atoms with Crippen LogP contribution in [0.2, 0.25) is 0 Å². The number of benzene rings is 3. The lowest BCUT2D eigenvalue weighted by atomic mass is 9.57. The normalized spacial score (nSPS) is 27.3. The van der Waals surface area contributed by atoms with Crippen LogP contribution < -0.4 is 14.5 Å². The van der Waals surface area contributed by atoms with Crippen LogP contribution in [0.15, 0.2) is 54.1 Å². The largest absolute Gasteiger partial charge is 0.504 e. The molecule has 6 unspecified atom stereocenters. The quantitative estimate of drug-likeness (QED) is 0.0690. The van der Waals surface area contributed by atoms with Crippen molar-refractivity contribution in [3.8, 4) is 11.5 Å². The average Bonchev–Trinajstić information content (AvgIpc) is 3.50. The second-order valence-electron chi connectivity index (χ2n) is 13.8. The summed E-state index contributed by atoms with van der Waals surface area (Å²) in [5.41, 5.74) is -6.70. The summed E-state index contributed by atoms with van der Waals surface area (Å²) in [6, 6.07) is 3.86. The number of fused-ring (bicyclic) bond motifs is 4. The summed E-state index contributed by atoms with van der Waals surface area (Å²) in [5.74, 6) is -26.1. The molecule has 2 saturated heterocycles. The number of carbonyl (C=O) groups excluding carboxylic acids is 4. The zero-order chi connectivity index (χ0) is 42.8. The number of phenolic OH excluding ortho intramolecular Hbond substituents is 1. The predicted molar refractivity (Wildman–Crippen MR) is 180 cm³/mol. The Morgan fingerprint density at radius 2 is 1.34 bits per heavy atom. The number of aromatic hydroxyl groups is 1. The first-order valence-electron chi connectivity index (χ1n) is 16.6. The molecule has 3 fully saturated rings. The minimum absolute atomic E-state index is 0.0575. The fraction of sp³-hybridized carbons (Fsp3) is 0.297. The lowest BCUT2D eigenvalue weighted by Crippen LogP contribution is -2.60. The maximum Gasteiger partial charge on any atom is 0.416 e. The van der Waals surface area contributed by atoms with Crippen molar-refractivity contribution in [1.82, 2.24) is 0 Å². The molecule has 0 bridgehead atoms. The third-order valence-corrected chi connectivity index (χ3v) is 12.2. The van der Waals surface area contributed by atoms with Crippen LogP contribution in [-0.2, 0) is 31.5 Å². The fourth-order valence-electron chi connectivity index (χ4n) is 8.14. The van der Waals surface area contributed by atoms with Crippen molar-refractivity contribution in [2.75, 3.05) is 16.9 Å². The number of hydrogen-bond acceptors (Lipinski definition) is 6. The summed E-state index contributed by atoms with van der Waals surface area (Å²) in [7, 11) is 1.20. The van der Waals surface area contributed by atoms with Crippen molar-refractivity contribution in [1.29, 1.82) is 0 Å². The highest BCUT2D eigenvalue weighted by molar-refractivity contribution is 6.58. The molecule has 1 N–H and O–H groups in total. The van der Waals surface area contributed by atoms with Crippen LogP contribution in [0.4, 0.5) is 59.7 Å². The zero-order valence-corrected chi connectivity index (χ0v) is 30.2. The molecule has 1 saturated carbocycles. The first-order valence-corrected chi connectivity index (χ1v) is 17.4. The van der Waals surface area contributed by atoms with Gasteiger partial charge < -0.3 is 9.84 Å². The van der Waals surface area contributed by atoms with E-state index in [0.717, 1.165) is 6.08 Å². The standard InChI is InChI=1S/C37H21Cl2F11N2O6/c1-58-22-8-13(3-7-21(22)53)2-6-20-17-4-5-18-23(31(55)51(30(18)54)16-10-14(36(45,46)47)9-15(11-16)37(48,49)50)19(17)12-34(38)32(56)52(33(57)35(20,34)39)29-27(43)25(41)24(40)26(42)28(29)44/h2-4,6-11,18-20,23,53H,5,12H2,1H3. The molecular weight excluding hydrogens is 848 g/mol. The molecule has 4 aliphatic rings. The van der Waals surface area contributed by atoms with Gasteiger partial charge in [-0.15, -0.1) is 23.2 Å². The highest BCUT2D eigenvalue weighted by Gasteiger charge is 2.76. The van der Waals surface area contributed by atoms with Crippen molar-refractivity contribution in [3.05, 3.63) is 99.9 Å². The minimum atomic E-state index is -5.38. The van der Waals surface area contributed by atoms with E-state index in [-0.39, 0.29) is 45.7 Å².